The Hall–Kier alpha value is -1.59. The van der Waals surface area contributed by atoms with Crippen LogP contribution in [0.4, 0.5) is 13.2 Å². The average molecular weight is 314 g/mol. The lowest BCUT2D eigenvalue weighted by Gasteiger charge is -2.08. The lowest BCUT2D eigenvalue weighted by molar-refractivity contribution is -0.137. The van der Waals surface area contributed by atoms with Crippen LogP contribution in [-0.4, -0.2) is 4.98 Å². The van der Waals surface area contributed by atoms with Crippen LogP contribution in [0.15, 0.2) is 41.8 Å². The molecule has 0 bridgehead atoms. The van der Waals surface area contributed by atoms with Gasteiger partial charge in [0.05, 0.1) is 15.8 Å². The van der Waals surface area contributed by atoms with Crippen molar-refractivity contribution < 1.29 is 13.2 Å². The fourth-order valence-electron chi connectivity index (χ4n) is 1.96. The largest absolute Gasteiger partial charge is 0.416 e. The molecule has 0 aliphatic heterocycles. The molecule has 0 saturated heterocycles. The molecule has 0 aliphatic carbocycles. The first-order valence-electron chi connectivity index (χ1n) is 5.66. The maximum atomic E-state index is 12.8. The Kier molecular flexibility index (Phi) is 3.18. The molecule has 0 spiro atoms. The number of alkyl halides is 3. The number of fused-ring (bicyclic) bond motifs is 1. The first kappa shape index (κ1) is 13.4. The Morgan fingerprint density at radius 3 is 2.65 bits per heavy atom. The Balaban J connectivity index is 2.18. The topological polar surface area (TPSA) is 12.9 Å². The van der Waals surface area contributed by atoms with Crippen molar-refractivity contribution in [2.75, 3.05) is 0 Å². The van der Waals surface area contributed by atoms with Crippen LogP contribution in [0, 0.1) is 0 Å². The van der Waals surface area contributed by atoms with E-state index in [1.54, 1.807) is 17.5 Å². The fraction of sp³-hybridized carbons (Fsp3) is 0.0714. The highest BCUT2D eigenvalue weighted by Crippen LogP contribution is 2.36. The van der Waals surface area contributed by atoms with Gasteiger partial charge in [-0.1, -0.05) is 23.7 Å². The van der Waals surface area contributed by atoms with Gasteiger partial charge in [0.15, 0.2) is 0 Å². The third kappa shape index (κ3) is 2.39. The van der Waals surface area contributed by atoms with Crippen LogP contribution < -0.4 is 0 Å². The SMILES string of the molecule is FC(F)(F)c1cccc(-c2csc3ccc(Cl)nc23)c1. The first-order valence-corrected chi connectivity index (χ1v) is 6.92. The normalized spacial score (nSPS) is 12.0. The molecule has 0 unspecified atom stereocenters. The number of rotatable bonds is 1. The molecule has 0 atom stereocenters. The number of halogens is 4. The zero-order valence-electron chi connectivity index (χ0n) is 9.91. The monoisotopic (exact) mass is 313 g/mol. The lowest BCUT2D eigenvalue weighted by Crippen LogP contribution is -2.04. The van der Waals surface area contributed by atoms with Crippen LogP contribution in [0.2, 0.25) is 5.15 Å². The summed E-state index contributed by atoms with van der Waals surface area (Å²) >= 11 is 7.28. The van der Waals surface area contributed by atoms with Crippen molar-refractivity contribution in [2.45, 2.75) is 6.18 Å². The molecule has 0 radical (unpaired) electrons. The van der Waals surface area contributed by atoms with Gasteiger partial charge in [-0.3, -0.25) is 0 Å². The van der Waals surface area contributed by atoms with Gasteiger partial charge in [-0.2, -0.15) is 13.2 Å². The highest BCUT2D eigenvalue weighted by Gasteiger charge is 2.30. The molecule has 2 aromatic heterocycles. The Morgan fingerprint density at radius 1 is 1.10 bits per heavy atom. The minimum atomic E-state index is -4.35. The molecular weight excluding hydrogens is 307 g/mol. The summed E-state index contributed by atoms with van der Waals surface area (Å²) in [6, 6.07) is 8.69. The Labute approximate surface area is 121 Å². The van der Waals surface area contributed by atoms with E-state index in [2.05, 4.69) is 4.98 Å². The van der Waals surface area contributed by atoms with Crippen molar-refractivity contribution in [1.82, 2.24) is 4.98 Å². The zero-order valence-corrected chi connectivity index (χ0v) is 11.5. The number of hydrogen-bond acceptors (Lipinski definition) is 2. The minimum Gasteiger partial charge on any atom is -0.235 e. The highest BCUT2D eigenvalue weighted by atomic mass is 35.5. The maximum Gasteiger partial charge on any atom is 0.416 e. The Bertz CT molecular complexity index is 779. The quantitative estimate of drug-likeness (QED) is 0.530. The van der Waals surface area contributed by atoms with Gasteiger partial charge >= 0.3 is 6.18 Å². The smallest absolute Gasteiger partial charge is 0.235 e. The van der Waals surface area contributed by atoms with E-state index < -0.39 is 11.7 Å². The second-order valence-corrected chi connectivity index (χ2v) is 5.51. The van der Waals surface area contributed by atoms with Crippen LogP contribution in [0.1, 0.15) is 5.56 Å². The Morgan fingerprint density at radius 2 is 1.90 bits per heavy atom. The van der Waals surface area contributed by atoms with Gasteiger partial charge in [0.1, 0.15) is 5.15 Å². The number of benzene rings is 1. The zero-order chi connectivity index (χ0) is 14.3. The fourth-order valence-corrected chi connectivity index (χ4v) is 3.01. The summed E-state index contributed by atoms with van der Waals surface area (Å²) in [4.78, 5) is 4.20. The molecule has 20 heavy (non-hydrogen) atoms. The maximum absolute atomic E-state index is 12.8. The van der Waals surface area contributed by atoms with E-state index in [9.17, 15) is 13.2 Å². The molecule has 102 valence electrons. The molecule has 2 heterocycles. The van der Waals surface area contributed by atoms with Gasteiger partial charge in [0.2, 0.25) is 0 Å². The number of aromatic nitrogens is 1. The molecule has 0 N–H and O–H groups in total. The van der Waals surface area contributed by atoms with E-state index in [0.29, 0.717) is 21.8 Å². The molecule has 0 aliphatic rings. The molecule has 1 aromatic carbocycles. The van der Waals surface area contributed by atoms with Gasteiger partial charge in [0, 0.05) is 10.9 Å². The van der Waals surface area contributed by atoms with E-state index in [0.717, 1.165) is 16.8 Å². The lowest BCUT2D eigenvalue weighted by atomic mass is 10.0. The standard InChI is InChI=1S/C14H7ClF3NS/c15-12-5-4-11-13(19-12)10(7-20-11)8-2-1-3-9(6-8)14(16,17)18/h1-7H. The van der Waals surface area contributed by atoms with Crippen LogP contribution in [0.3, 0.4) is 0 Å². The molecular formula is C14H7ClF3NS. The van der Waals surface area contributed by atoms with E-state index in [1.807, 2.05) is 6.07 Å². The van der Waals surface area contributed by atoms with Crippen molar-refractivity contribution >= 4 is 33.2 Å². The van der Waals surface area contributed by atoms with Gasteiger partial charge in [-0.05, 0) is 29.8 Å². The van der Waals surface area contributed by atoms with Crippen molar-refractivity contribution in [2.24, 2.45) is 0 Å². The van der Waals surface area contributed by atoms with Gasteiger partial charge in [0.25, 0.3) is 0 Å². The summed E-state index contributed by atoms with van der Waals surface area (Å²) in [5.41, 5.74) is 1.11. The van der Waals surface area contributed by atoms with Crippen LogP contribution in [-0.2, 0) is 6.18 Å². The second-order valence-electron chi connectivity index (χ2n) is 4.21. The number of pyridine rings is 1. The van der Waals surface area contributed by atoms with Crippen molar-refractivity contribution in [3.8, 4) is 11.1 Å². The van der Waals surface area contributed by atoms with Gasteiger partial charge in [-0.15, -0.1) is 11.3 Å². The van der Waals surface area contributed by atoms with Crippen LogP contribution in [0.5, 0.6) is 0 Å². The molecule has 1 nitrogen and oxygen atoms in total. The van der Waals surface area contributed by atoms with Crippen molar-refractivity contribution in [3.05, 3.63) is 52.5 Å². The predicted molar refractivity (Wildman–Crippen MR) is 75.1 cm³/mol. The summed E-state index contributed by atoms with van der Waals surface area (Å²) in [5.74, 6) is 0. The van der Waals surface area contributed by atoms with Crippen molar-refractivity contribution in [3.63, 3.8) is 0 Å². The van der Waals surface area contributed by atoms with Gasteiger partial charge in [-0.25, -0.2) is 4.98 Å². The molecule has 3 aromatic rings. The number of thiophene rings is 1. The van der Waals surface area contributed by atoms with Crippen LogP contribution >= 0.6 is 22.9 Å². The molecule has 6 heteroatoms. The summed E-state index contributed by atoms with van der Waals surface area (Å²) in [6.45, 7) is 0. The average Bonchev–Trinajstić information content (AvgIpc) is 2.81. The second kappa shape index (κ2) is 4.75. The predicted octanol–water partition coefficient (Wildman–Crippen LogP) is 5.64. The third-order valence-corrected chi connectivity index (χ3v) is 4.03. The van der Waals surface area contributed by atoms with E-state index in [4.69, 9.17) is 11.6 Å². The third-order valence-electron chi connectivity index (χ3n) is 2.88. The summed E-state index contributed by atoms with van der Waals surface area (Å²) in [7, 11) is 0. The first-order chi connectivity index (χ1) is 9.45. The minimum absolute atomic E-state index is 0.323. The number of nitrogens with zero attached hydrogens (tertiary/aromatic N) is 1. The van der Waals surface area contributed by atoms with Crippen molar-refractivity contribution in [1.29, 1.82) is 0 Å². The van der Waals surface area contributed by atoms with E-state index in [1.165, 1.54) is 17.4 Å². The molecule has 0 amide bonds. The molecule has 0 saturated carbocycles. The number of hydrogen-bond donors (Lipinski definition) is 0. The summed E-state index contributed by atoms with van der Waals surface area (Å²) < 4.78 is 39.2. The van der Waals surface area contributed by atoms with Gasteiger partial charge < -0.3 is 0 Å². The summed E-state index contributed by atoms with van der Waals surface area (Å²) in [6.07, 6.45) is -4.35. The molecule has 3 rings (SSSR count). The van der Waals surface area contributed by atoms with E-state index in [-0.39, 0.29) is 0 Å². The van der Waals surface area contributed by atoms with E-state index >= 15 is 0 Å². The van der Waals surface area contributed by atoms with Crippen LogP contribution in [0.25, 0.3) is 21.3 Å². The highest BCUT2D eigenvalue weighted by molar-refractivity contribution is 7.17. The summed E-state index contributed by atoms with van der Waals surface area (Å²) in [5, 5.41) is 2.12. The molecule has 0 fully saturated rings.